The maximum atomic E-state index is 3.76. The average Bonchev–Trinajstić information content (AvgIpc) is 2.83. The molecular formula is C16H28N2S. The lowest BCUT2D eigenvalue weighted by Crippen LogP contribution is -2.57. The highest BCUT2D eigenvalue weighted by atomic mass is 32.1. The van der Waals surface area contributed by atoms with Crippen LogP contribution < -0.4 is 5.32 Å². The molecule has 19 heavy (non-hydrogen) atoms. The van der Waals surface area contributed by atoms with E-state index < -0.39 is 0 Å². The Bertz CT molecular complexity index is 388. The van der Waals surface area contributed by atoms with Gasteiger partial charge in [0.1, 0.15) is 0 Å². The molecule has 108 valence electrons. The molecule has 1 aromatic rings. The number of rotatable bonds is 5. The van der Waals surface area contributed by atoms with Crippen LogP contribution in [0.25, 0.3) is 0 Å². The molecule has 0 spiro atoms. The Morgan fingerprint density at radius 3 is 2.79 bits per heavy atom. The zero-order chi connectivity index (χ0) is 13.8. The highest BCUT2D eigenvalue weighted by Gasteiger charge is 2.29. The molecule has 3 heteroatoms. The van der Waals surface area contributed by atoms with E-state index in [-0.39, 0.29) is 0 Å². The molecule has 1 aliphatic rings. The topological polar surface area (TPSA) is 15.3 Å². The van der Waals surface area contributed by atoms with Crippen LogP contribution in [0.3, 0.4) is 0 Å². The molecule has 1 aromatic heterocycles. The number of thiophene rings is 1. The van der Waals surface area contributed by atoms with Gasteiger partial charge in [-0.25, -0.2) is 0 Å². The fraction of sp³-hybridized carbons (Fsp3) is 0.750. The molecule has 1 aliphatic heterocycles. The molecule has 0 aromatic carbocycles. The molecule has 2 nitrogen and oxygen atoms in total. The zero-order valence-corrected chi connectivity index (χ0v) is 13.6. The van der Waals surface area contributed by atoms with Crippen molar-refractivity contribution in [2.75, 3.05) is 13.1 Å². The summed E-state index contributed by atoms with van der Waals surface area (Å²) < 4.78 is 0. The van der Waals surface area contributed by atoms with Gasteiger partial charge in [0.2, 0.25) is 0 Å². The van der Waals surface area contributed by atoms with Gasteiger partial charge < -0.3 is 5.32 Å². The first-order chi connectivity index (χ1) is 9.15. The van der Waals surface area contributed by atoms with Gasteiger partial charge in [0.05, 0.1) is 0 Å². The summed E-state index contributed by atoms with van der Waals surface area (Å²) >= 11 is 1.83. The van der Waals surface area contributed by atoms with Crippen LogP contribution in [0.2, 0.25) is 0 Å². The first-order valence-electron chi connectivity index (χ1n) is 7.64. The molecule has 2 heterocycles. The Morgan fingerprint density at radius 2 is 2.21 bits per heavy atom. The van der Waals surface area contributed by atoms with Gasteiger partial charge in [-0.2, -0.15) is 11.3 Å². The van der Waals surface area contributed by atoms with Gasteiger partial charge in [-0.3, -0.25) is 4.90 Å². The normalized spacial score (nSPS) is 26.5. The van der Waals surface area contributed by atoms with Crippen molar-refractivity contribution in [3.63, 3.8) is 0 Å². The molecule has 0 radical (unpaired) electrons. The summed E-state index contributed by atoms with van der Waals surface area (Å²) in [5.41, 5.74) is 2.98. The van der Waals surface area contributed by atoms with Gasteiger partial charge in [-0.05, 0) is 41.1 Å². The quantitative estimate of drug-likeness (QED) is 0.885. The van der Waals surface area contributed by atoms with Crippen LogP contribution in [0.15, 0.2) is 10.8 Å². The second-order valence-corrected chi connectivity index (χ2v) is 6.72. The Kier molecular flexibility index (Phi) is 5.43. The lowest BCUT2D eigenvalue weighted by molar-refractivity contribution is 0.0993. The minimum absolute atomic E-state index is 0.659. The van der Waals surface area contributed by atoms with Crippen molar-refractivity contribution in [1.29, 1.82) is 0 Å². The van der Waals surface area contributed by atoms with Gasteiger partial charge in [0, 0.05) is 31.7 Å². The molecule has 2 rings (SSSR count). The highest BCUT2D eigenvalue weighted by Crippen LogP contribution is 2.22. The summed E-state index contributed by atoms with van der Waals surface area (Å²) in [6, 6.07) is 1.35. The molecule has 0 bridgehead atoms. The molecular weight excluding hydrogens is 252 g/mol. The van der Waals surface area contributed by atoms with Gasteiger partial charge in [0.25, 0.3) is 0 Å². The number of nitrogens with one attached hydrogen (secondary N) is 1. The van der Waals surface area contributed by atoms with Crippen molar-refractivity contribution in [2.45, 2.75) is 59.2 Å². The van der Waals surface area contributed by atoms with Gasteiger partial charge in [0.15, 0.2) is 0 Å². The Labute approximate surface area is 122 Å². The molecule has 3 atom stereocenters. The first kappa shape index (κ1) is 15.0. The van der Waals surface area contributed by atoms with Crippen molar-refractivity contribution in [3.8, 4) is 0 Å². The molecule has 0 amide bonds. The molecule has 3 unspecified atom stereocenters. The van der Waals surface area contributed by atoms with Crippen LogP contribution in [-0.2, 0) is 6.54 Å². The third-order valence-corrected chi connectivity index (χ3v) is 5.61. The summed E-state index contributed by atoms with van der Waals surface area (Å²) in [6.45, 7) is 12.7. The lowest BCUT2D eigenvalue weighted by Gasteiger charge is -2.42. The maximum Gasteiger partial charge on any atom is 0.0248 e. The predicted molar refractivity (Wildman–Crippen MR) is 84.8 cm³/mol. The second-order valence-electron chi connectivity index (χ2n) is 5.97. The van der Waals surface area contributed by atoms with E-state index in [9.17, 15) is 0 Å². The van der Waals surface area contributed by atoms with Crippen LogP contribution in [0, 0.1) is 12.8 Å². The van der Waals surface area contributed by atoms with Gasteiger partial charge >= 0.3 is 0 Å². The van der Waals surface area contributed by atoms with Gasteiger partial charge in [-0.1, -0.05) is 27.2 Å². The summed E-state index contributed by atoms with van der Waals surface area (Å²) in [5.74, 6) is 0.767. The molecule has 0 saturated carbocycles. The van der Waals surface area contributed by atoms with Crippen LogP contribution in [-0.4, -0.2) is 30.1 Å². The van der Waals surface area contributed by atoms with Crippen LogP contribution in [0.5, 0.6) is 0 Å². The van der Waals surface area contributed by atoms with Crippen molar-refractivity contribution in [3.05, 3.63) is 21.9 Å². The van der Waals surface area contributed by atoms with E-state index in [2.05, 4.69) is 48.7 Å². The van der Waals surface area contributed by atoms with E-state index in [1.54, 1.807) is 0 Å². The lowest BCUT2D eigenvalue weighted by atomic mass is 9.94. The summed E-state index contributed by atoms with van der Waals surface area (Å²) in [7, 11) is 0. The van der Waals surface area contributed by atoms with E-state index >= 15 is 0 Å². The number of aryl methyl sites for hydroxylation is 1. The summed E-state index contributed by atoms with van der Waals surface area (Å²) in [5, 5.41) is 8.35. The molecule has 0 aliphatic carbocycles. The van der Waals surface area contributed by atoms with Crippen molar-refractivity contribution in [1.82, 2.24) is 10.2 Å². The monoisotopic (exact) mass is 280 g/mol. The Hall–Kier alpha value is -0.380. The molecule has 1 N–H and O–H groups in total. The van der Waals surface area contributed by atoms with E-state index in [0.29, 0.717) is 12.1 Å². The van der Waals surface area contributed by atoms with Crippen molar-refractivity contribution >= 4 is 11.3 Å². The zero-order valence-electron chi connectivity index (χ0n) is 12.8. The average molecular weight is 280 g/mol. The Balaban J connectivity index is 2.03. The van der Waals surface area contributed by atoms with Gasteiger partial charge in [-0.15, -0.1) is 0 Å². The summed E-state index contributed by atoms with van der Waals surface area (Å²) in [4.78, 5) is 2.70. The number of piperazine rings is 1. The van der Waals surface area contributed by atoms with E-state index in [4.69, 9.17) is 0 Å². The predicted octanol–water partition coefficient (Wildman–Crippen LogP) is 3.66. The fourth-order valence-electron chi connectivity index (χ4n) is 2.91. The summed E-state index contributed by atoms with van der Waals surface area (Å²) in [6.07, 6.45) is 2.50. The van der Waals surface area contributed by atoms with E-state index in [1.165, 1.54) is 30.5 Å². The van der Waals surface area contributed by atoms with E-state index in [1.807, 2.05) is 11.3 Å². The standard InChI is InChI=1S/C16H28N2S/c1-5-12(3)16-9-18(15(6-2)7-17-16)8-14-11-19-10-13(14)4/h10-12,15-17H,5-9H2,1-4H3. The minimum atomic E-state index is 0.659. The van der Waals surface area contributed by atoms with Crippen LogP contribution >= 0.6 is 11.3 Å². The third-order valence-electron chi connectivity index (χ3n) is 4.70. The van der Waals surface area contributed by atoms with Crippen molar-refractivity contribution in [2.24, 2.45) is 5.92 Å². The van der Waals surface area contributed by atoms with E-state index in [0.717, 1.165) is 19.0 Å². The van der Waals surface area contributed by atoms with Crippen LogP contribution in [0.4, 0.5) is 0 Å². The number of hydrogen-bond acceptors (Lipinski definition) is 3. The molecule has 1 saturated heterocycles. The molecule has 1 fully saturated rings. The Morgan fingerprint density at radius 1 is 1.42 bits per heavy atom. The maximum absolute atomic E-state index is 3.76. The highest BCUT2D eigenvalue weighted by molar-refractivity contribution is 7.08. The second kappa shape index (κ2) is 6.87. The minimum Gasteiger partial charge on any atom is -0.311 e. The number of nitrogens with zero attached hydrogens (tertiary/aromatic N) is 1. The van der Waals surface area contributed by atoms with Crippen molar-refractivity contribution < 1.29 is 0 Å². The number of hydrogen-bond donors (Lipinski definition) is 1. The first-order valence-corrected chi connectivity index (χ1v) is 8.59. The SMILES string of the molecule is CCC(C)C1CN(Cc2cscc2C)C(CC)CN1. The smallest absolute Gasteiger partial charge is 0.0248 e. The third kappa shape index (κ3) is 3.59. The fourth-order valence-corrected chi connectivity index (χ4v) is 3.76. The van der Waals surface area contributed by atoms with Crippen LogP contribution in [0.1, 0.15) is 44.7 Å². The largest absolute Gasteiger partial charge is 0.311 e.